The molecule has 0 saturated carbocycles. The monoisotopic (exact) mass is 310 g/mol. The van der Waals surface area contributed by atoms with Crippen molar-refractivity contribution in [2.45, 2.75) is 21.5 Å². The predicted octanol–water partition coefficient (Wildman–Crippen LogP) is 4.02. The van der Waals surface area contributed by atoms with E-state index in [1.807, 2.05) is 36.6 Å². The molecule has 19 heavy (non-hydrogen) atoms. The maximum absolute atomic E-state index is 11.9. The number of rotatable bonds is 7. The van der Waals surface area contributed by atoms with Crippen LogP contribution in [0.3, 0.4) is 0 Å². The second-order valence-corrected chi connectivity index (χ2v) is 7.15. The van der Waals surface area contributed by atoms with E-state index >= 15 is 0 Å². The fourth-order valence-electron chi connectivity index (χ4n) is 1.50. The molecule has 1 aromatic heterocycles. The summed E-state index contributed by atoms with van der Waals surface area (Å²) in [6, 6.07) is 9.45. The Morgan fingerprint density at radius 2 is 1.95 bits per heavy atom. The Kier molecular flexibility index (Phi) is 5.88. The summed E-state index contributed by atoms with van der Waals surface area (Å²) >= 11 is 4.89. The van der Waals surface area contributed by atoms with E-state index < -0.39 is 0 Å². The summed E-state index contributed by atoms with van der Waals surface area (Å²) in [5.74, 6) is 1.12. The highest BCUT2D eigenvalue weighted by Gasteiger charge is 2.06. The van der Waals surface area contributed by atoms with E-state index in [0.29, 0.717) is 6.42 Å². The molecule has 1 aromatic carbocycles. The van der Waals surface area contributed by atoms with Gasteiger partial charge in [0.05, 0.1) is 0 Å². The van der Waals surface area contributed by atoms with E-state index in [2.05, 4.69) is 10.2 Å². The maximum atomic E-state index is 11.9. The van der Waals surface area contributed by atoms with E-state index in [-0.39, 0.29) is 5.78 Å². The lowest BCUT2D eigenvalue weighted by Crippen LogP contribution is -1.98. The fourth-order valence-corrected chi connectivity index (χ4v) is 3.95. The highest BCUT2D eigenvalue weighted by Crippen LogP contribution is 2.27. The van der Waals surface area contributed by atoms with Gasteiger partial charge in [-0.05, 0) is 12.7 Å². The molecule has 0 saturated heterocycles. The number of aromatic nitrogens is 2. The largest absolute Gasteiger partial charge is 0.294 e. The number of nitrogens with zero attached hydrogens (tertiary/aromatic N) is 2. The van der Waals surface area contributed by atoms with E-state index in [0.717, 1.165) is 26.4 Å². The minimum Gasteiger partial charge on any atom is -0.294 e. The molecule has 0 radical (unpaired) electrons. The van der Waals surface area contributed by atoms with Crippen LogP contribution in [0.1, 0.15) is 23.2 Å². The first kappa shape index (κ1) is 14.6. The van der Waals surface area contributed by atoms with Crippen molar-refractivity contribution in [2.75, 3.05) is 12.0 Å². The number of benzene rings is 1. The van der Waals surface area contributed by atoms with Crippen LogP contribution in [0.4, 0.5) is 0 Å². The highest BCUT2D eigenvalue weighted by molar-refractivity contribution is 8.02. The lowest BCUT2D eigenvalue weighted by Gasteiger charge is -1.99. The topological polar surface area (TPSA) is 42.9 Å². The molecular weight excluding hydrogens is 296 g/mol. The van der Waals surface area contributed by atoms with Crippen LogP contribution in [0, 0.1) is 0 Å². The summed E-state index contributed by atoms with van der Waals surface area (Å²) in [5.41, 5.74) is 0.799. The van der Waals surface area contributed by atoms with Gasteiger partial charge in [0.25, 0.3) is 0 Å². The second kappa shape index (κ2) is 7.67. The average molecular weight is 310 g/mol. The third kappa shape index (κ3) is 4.63. The van der Waals surface area contributed by atoms with Crippen molar-refractivity contribution in [2.24, 2.45) is 0 Å². The third-order valence-corrected chi connectivity index (χ3v) is 5.55. The van der Waals surface area contributed by atoms with Gasteiger partial charge in [0, 0.05) is 17.7 Å². The van der Waals surface area contributed by atoms with Gasteiger partial charge in [-0.3, -0.25) is 4.79 Å². The van der Waals surface area contributed by atoms with Gasteiger partial charge in [-0.15, -0.1) is 10.2 Å². The van der Waals surface area contributed by atoms with Gasteiger partial charge in [0.1, 0.15) is 0 Å². The number of Topliss-reactive ketones (excluding diaryl/α,β-unsaturated/α-hetero) is 1. The van der Waals surface area contributed by atoms with E-state index in [4.69, 9.17) is 0 Å². The first-order chi connectivity index (χ1) is 9.29. The van der Waals surface area contributed by atoms with Gasteiger partial charge in [0.15, 0.2) is 14.5 Å². The van der Waals surface area contributed by atoms with Crippen molar-refractivity contribution < 1.29 is 4.79 Å². The van der Waals surface area contributed by atoms with Gasteiger partial charge in [-0.25, -0.2) is 0 Å². The van der Waals surface area contributed by atoms with Crippen LogP contribution in [-0.4, -0.2) is 28.0 Å². The molecule has 0 aliphatic heterocycles. The summed E-state index contributed by atoms with van der Waals surface area (Å²) in [7, 11) is 0. The van der Waals surface area contributed by atoms with Crippen LogP contribution in [0.5, 0.6) is 0 Å². The Morgan fingerprint density at radius 3 is 2.63 bits per heavy atom. The molecule has 0 aliphatic rings. The lowest BCUT2D eigenvalue weighted by molar-refractivity contribution is 0.0982. The zero-order valence-electron chi connectivity index (χ0n) is 10.5. The Hall–Kier alpha value is -0.850. The predicted molar refractivity (Wildman–Crippen MR) is 82.4 cm³/mol. The zero-order valence-corrected chi connectivity index (χ0v) is 13.0. The maximum Gasteiger partial charge on any atom is 0.175 e. The molecule has 6 heteroatoms. The molecule has 0 spiro atoms. The van der Waals surface area contributed by atoms with Crippen molar-refractivity contribution in [1.29, 1.82) is 0 Å². The molecule has 0 atom stereocenters. The molecule has 0 amide bonds. The van der Waals surface area contributed by atoms with Gasteiger partial charge < -0.3 is 0 Å². The fraction of sp³-hybridized carbons (Fsp3) is 0.308. The van der Waals surface area contributed by atoms with E-state index in [1.165, 1.54) is 0 Å². The molecule has 1 heterocycles. The number of carbonyl (C=O) groups excluding carboxylic acids is 1. The van der Waals surface area contributed by atoms with E-state index in [9.17, 15) is 4.79 Å². The molecule has 0 aliphatic carbocycles. The molecule has 0 bridgehead atoms. The number of hydrogen-bond acceptors (Lipinski definition) is 6. The molecule has 0 unspecified atom stereocenters. The van der Waals surface area contributed by atoms with Gasteiger partial charge in [-0.2, -0.15) is 0 Å². The Labute approximate surface area is 125 Å². The normalized spacial score (nSPS) is 10.6. The van der Waals surface area contributed by atoms with Gasteiger partial charge in [-0.1, -0.05) is 65.2 Å². The molecule has 0 N–H and O–H groups in total. The first-order valence-corrected chi connectivity index (χ1v) is 8.91. The minimum atomic E-state index is 0.211. The lowest BCUT2D eigenvalue weighted by atomic mass is 10.1. The van der Waals surface area contributed by atoms with Crippen LogP contribution in [0.2, 0.25) is 0 Å². The SMILES string of the molecule is CSc1nnc(SCCCC(=O)c2ccccc2)s1. The third-order valence-electron chi connectivity index (χ3n) is 2.43. The molecule has 0 fully saturated rings. The number of ketones is 1. The summed E-state index contributed by atoms with van der Waals surface area (Å²) < 4.78 is 1.97. The van der Waals surface area contributed by atoms with Crippen molar-refractivity contribution in [3.63, 3.8) is 0 Å². The van der Waals surface area contributed by atoms with Crippen LogP contribution >= 0.6 is 34.9 Å². The second-order valence-electron chi connectivity index (χ2n) is 3.78. The average Bonchev–Trinajstić information content (AvgIpc) is 2.92. The smallest absolute Gasteiger partial charge is 0.175 e. The quantitative estimate of drug-likeness (QED) is 0.439. The minimum absolute atomic E-state index is 0.211. The zero-order chi connectivity index (χ0) is 13.5. The Morgan fingerprint density at radius 1 is 1.21 bits per heavy atom. The standard InChI is InChI=1S/C13H14N2OS3/c1-17-12-14-15-13(19-12)18-9-5-8-11(16)10-6-3-2-4-7-10/h2-4,6-7H,5,8-9H2,1H3. The highest BCUT2D eigenvalue weighted by atomic mass is 32.2. The number of hydrogen-bond donors (Lipinski definition) is 0. The molecule has 3 nitrogen and oxygen atoms in total. The molecule has 2 rings (SSSR count). The number of thioether (sulfide) groups is 2. The van der Waals surface area contributed by atoms with Crippen molar-refractivity contribution in [1.82, 2.24) is 10.2 Å². The molecule has 2 aromatic rings. The Balaban J connectivity index is 1.71. The molecule has 100 valence electrons. The van der Waals surface area contributed by atoms with Crippen LogP contribution in [0.25, 0.3) is 0 Å². The first-order valence-electron chi connectivity index (χ1n) is 5.88. The Bertz CT molecular complexity index is 528. The van der Waals surface area contributed by atoms with Crippen LogP contribution in [-0.2, 0) is 0 Å². The van der Waals surface area contributed by atoms with Gasteiger partial charge in [0.2, 0.25) is 0 Å². The van der Waals surface area contributed by atoms with Gasteiger partial charge >= 0.3 is 0 Å². The molecular formula is C13H14N2OS3. The van der Waals surface area contributed by atoms with Crippen LogP contribution < -0.4 is 0 Å². The van der Waals surface area contributed by atoms with Crippen LogP contribution in [0.15, 0.2) is 39.0 Å². The van der Waals surface area contributed by atoms with Crippen molar-refractivity contribution >= 4 is 40.6 Å². The summed E-state index contributed by atoms with van der Waals surface area (Å²) in [6.45, 7) is 0. The van der Waals surface area contributed by atoms with Crippen molar-refractivity contribution in [3.05, 3.63) is 35.9 Å². The number of carbonyl (C=O) groups is 1. The van der Waals surface area contributed by atoms with E-state index in [1.54, 1.807) is 34.9 Å². The van der Waals surface area contributed by atoms with Crippen molar-refractivity contribution in [3.8, 4) is 0 Å². The summed E-state index contributed by atoms with van der Waals surface area (Å²) in [5, 5.41) is 8.13. The summed E-state index contributed by atoms with van der Waals surface area (Å²) in [6.07, 6.45) is 3.45. The summed E-state index contributed by atoms with van der Waals surface area (Å²) in [4.78, 5) is 11.9.